The number of rotatable bonds is 6. The lowest BCUT2D eigenvalue weighted by Crippen LogP contribution is -2.49. The van der Waals surface area contributed by atoms with Gasteiger partial charge in [-0.2, -0.15) is 0 Å². The highest BCUT2D eigenvalue weighted by atomic mass is 32.2. The van der Waals surface area contributed by atoms with Crippen molar-refractivity contribution in [1.82, 2.24) is 0 Å². The van der Waals surface area contributed by atoms with Crippen LogP contribution in [0.1, 0.15) is 52.4 Å². The predicted octanol–water partition coefficient (Wildman–Crippen LogP) is 6.20. The first-order valence-corrected chi connectivity index (χ1v) is 12.1. The molecule has 0 spiro atoms. The molecule has 126 valence electrons. The van der Waals surface area contributed by atoms with Gasteiger partial charge in [-0.25, -0.2) is 0 Å². The second-order valence-corrected chi connectivity index (χ2v) is 11.3. The number of hydrogen-bond donors (Lipinski definition) is 0. The van der Waals surface area contributed by atoms with Gasteiger partial charge in [0.15, 0.2) is 10.5 Å². The first-order valence-electron chi connectivity index (χ1n) is 9.51. The molecule has 0 radical (unpaired) electrons. The molecule has 0 aliphatic carbocycles. The largest absolute Gasteiger partial charge is 0.216 e. The summed E-state index contributed by atoms with van der Waals surface area (Å²) in [5, 5.41) is 1.76. The van der Waals surface area contributed by atoms with E-state index in [2.05, 4.69) is 62.4 Å². The molecule has 0 amide bonds. The zero-order chi connectivity index (χ0) is 16.5. The van der Waals surface area contributed by atoms with Crippen molar-refractivity contribution in [1.29, 1.82) is 0 Å². The van der Waals surface area contributed by atoms with Crippen LogP contribution in [0.5, 0.6) is 0 Å². The number of hydrogen-bond acceptors (Lipinski definition) is 0. The molecule has 5 rings (SSSR count). The molecule has 0 aromatic heterocycles. The molecule has 0 nitrogen and oxygen atoms in total. The van der Waals surface area contributed by atoms with Crippen molar-refractivity contribution in [3.8, 4) is 0 Å². The van der Waals surface area contributed by atoms with Gasteiger partial charge in [0, 0.05) is 12.8 Å². The van der Waals surface area contributed by atoms with E-state index >= 15 is 0 Å². The summed E-state index contributed by atoms with van der Waals surface area (Å²) < 4.78 is 0. The van der Waals surface area contributed by atoms with Crippen molar-refractivity contribution in [2.45, 2.75) is 82.5 Å². The first kappa shape index (κ1) is 16.6. The molecular formula is C22H28S2+2. The first-order chi connectivity index (χ1) is 11.9. The Hall–Kier alpha value is -0.860. The van der Waals surface area contributed by atoms with Crippen molar-refractivity contribution in [2.75, 3.05) is 0 Å². The molecule has 3 aliphatic rings. The highest BCUT2D eigenvalue weighted by molar-refractivity contribution is 8.06. The van der Waals surface area contributed by atoms with Gasteiger partial charge in [0.25, 0.3) is 0 Å². The molecule has 2 atom stereocenters. The van der Waals surface area contributed by atoms with Gasteiger partial charge in [0.2, 0.25) is 19.6 Å². The van der Waals surface area contributed by atoms with Crippen LogP contribution in [0.15, 0.2) is 68.1 Å². The van der Waals surface area contributed by atoms with Gasteiger partial charge in [0.1, 0.15) is 0 Å². The van der Waals surface area contributed by atoms with E-state index in [1.807, 2.05) is 0 Å². The van der Waals surface area contributed by atoms with E-state index in [0.29, 0.717) is 21.8 Å². The fourth-order valence-electron chi connectivity index (χ4n) is 4.24. The SMILES string of the molecule is CCCC[C@H]1[C@H](CCCC)[S+]2c3ccccc3[S+]1c1ccccc12. The molecule has 0 N–H and O–H groups in total. The Morgan fingerprint density at radius 2 is 0.958 bits per heavy atom. The highest BCUT2D eigenvalue weighted by Gasteiger charge is 2.64. The summed E-state index contributed by atoms with van der Waals surface area (Å²) in [7, 11) is 0.597. The lowest BCUT2D eigenvalue weighted by molar-refractivity contribution is 0.591. The van der Waals surface area contributed by atoms with Gasteiger partial charge < -0.3 is 0 Å². The predicted molar refractivity (Wildman–Crippen MR) is 107 cm³/mol. The summed E-state index contributed by atoms with van der Waals surface area (Å²) >= 11 is 0. The lowest BCUT2D eigenvalue weighted by atomic mass is 10.1. The summed E-state index contributed by atoms with van der Waals surface area (Å²) in [6.07, 6.45) is 8.26. The Morgan fingerprint density at radius 1 is 0.625 bits per heavy atom. The molecule has 0 saturated carbocycles. The maximum absolute atomic E-state index is 2.43. The molecule has 0 fully saturated rings. The summed E-state index contributed by atoms with van der Waals surface area (Å²) in [6.45, 7) is 4.69. The van der Waals surface area contributed by atoms with Gasteiger partial charge in [-0.15, -0.1) is 0 Å². The molecular weight excluding hydrogens is 328 g/mol. The lowest BCUT2D eigenvalue weighted by Gasteiger charge is -2.36. The molecule has 2 bridgehead atoms. The Kier molecular flexibility index (Phi) is 4.96. The average molecular weight is 357 g/mol. The summed E-state index contributed by atoms with van der Waals surface area (Å²) in [6, 6.07) is 18.8. The average Bonchev–Trinajstić information content (AvgIpc) is 2.64. The Balaban J connectivity index is 1.84. The molecule has 3 heterocycles. The van der Waals surface area contributed by atoms with Gasteiger partial charge in [0.05, 0.1) is 21.8 Å². The third-order valence-electron chi connectivity index (χ3n) is 5.35. The topological polar surface area (TPSA) is 0 Å². The van der Waals surface area contributed by atoms with E-state index in [1.54, 1.807) is 19.6 Å². The summed E-state index contributed by atoms with van der Waals surface area (Å²) in [4.78, 5) is 6.70. The van der Waals surface area contributed by atoms with Gasteiger partial charge >= 0.3 is 0 Å². The van der Waals surface area contributed by atoms with E-state index in [9.17, 15) is 0 Å². The third kappa shape index (κ3) is 2.63. The standard InChI is InChI=1S/C22H28S2/c1-3-5-11-17-18(12-6-4-2)24-21-15-9-7-13-19(21)23(17)20-14-8-10-16-22(20)24/h7-10,13-18H,3-6,11-12H2,1-2H3/q+2/t17-,18-,23?,24?/m0/s1. The van der Waals surface area contributed by atoms with Crippen LogP contribution >= 0.6 is 0 Å². The summed E-state index contributed by atoms with van der Waals surface area (Å²) in [5.74, 6) is 0. The van der Waals surface area contributed by atoms with Crippen molar-refractivity contribution in [3.63, 3.8) is 0 Å². The fourth-order valence-corrected chi connectivity index (χ4v) is 11.5. The summed E-state index contributed by atoms with van der Waals surface area (Å²) in [5.41, 5.74) is 0. The Labute approximate surface area is 152 Å². The van der Waals surface area contributed by atoms with Gasteiger partial charge in [-0.3, -0.25) is 0 Å². The number of fused-ring (bicyclic) bond motifs is 1. The zero-order valence-corrected chi connectivity index (χ0v) is 16.5. The fraction of sp³-hybridized carbons (Fsp3) is 0.455. The molecule has 2 heteroatoms. The minimum Gasteiger partial charge on any atom is -0.0654 e. The quantitative estimate of drug-likeness (QED) is 0.540. The van der Waals surface area contributed by atoms with Crippen LogP contribution in [0, 0.1) is 0 Å². The van der Waals surface area contributed by atoms with Crippen LogP contribution < -0.4 is 0 Å². The molecule has 2 aromatic carbocycles. The highest BCUT2D eigenvalue weighted by Crippen LogP contribution is 2.54. The number of unbranched alkanes of at least 4 members (excludes halogenated alkanes) is 2. The minimum atomic E-state index is 0.299. The Morgan fingerprint density at radius 3 is 1.25 bits per heavy atom. The van der Waals surface area contributed by atoms with Crippen LogP contribution in [0.4, 0.5) is 0 Å². The minimum absolute atomic E-state index is 0.299. The van der Waals surface area contributed by atoms with E-state index in [4.69, 9.17) is 0 Å². The van der Waals surface area contributed by atoms with Crippen LogP contribution in [-0.4, -0.2) is 10.5 Å². The molecule has 3 aliphatic heterocycles. The third-order valence-corrected chi connectivity index (χ3v) is 11.4. The van der Waals surface area contributed by atoms with E-state index in [0.717, 1.165) is 10.5 Å². The zero-order valence-electron chi connectivity index (χ0n) is 14.8. The van der Waals surface area contributed by atoms with Crippen molar-refractivity contribution in [2.24, 2.45) is 0 Å². The van der Waals surface area contributed by atoms with E-state index < -0.39 is 0 Å². The van der Waals surface area contributed by atoms with Crippen LogP contribution in [0.25, 0.3) is 0 Å². The number of benzene rings is 2. The smallest absolute Gasteiger partial charge is 0.0654 e. The van der Waals surface area contributed by atoms with Crippen LogP contribution in [0.3, 0.4) is 0 Å². The van der Waals surface area contributed by atoms with Gasteiger partial charge in [-0.05, 0) is 37.1 Å². The van der Waals surface area contributed by atoms with E-state index in [1.165, 1.54) is 38.5 Å². The monoisotopic (exact) mass is 356 g/mol. The second-order valence-electron chi connectivity index (χ2n) is 6.93. The van der Waals surface area contributed by atoms with E-state index in [-0.39, 0.29) is 0 Å². The molecule has 24 heavy (non-hydrogen) atoms. The van der Waals surface area contributed by atoms with Crippen molar-refractivity contribution in [3.05, 3.63) is 48.5 Å². The normalized spacial score (nSPS) is 26.9. The maximum atomic E-state index is 2.43. The van der Waals surface area contributed by atoms with Crippen molar-refractivity contribution >= 4 is 21.8 Å². The van der Waals surface area contributed by atoms with Gasteiger partial charge in [-0.1, -0.05) is 51.0 Å². The second kappa shape index (κ2) is 7.17. The van der Waals surface area contributed by atoms with Crippen LogP contribution in [0.2, 0.25) is 0 Å². The Bertz CT molecular complexity index is 601. The maximum Gasteiger partial charge on any atom is 0.216 e. The molecule has 0 saturated heterocycles. The van der Waals surface area contributed by atoms with Crippen molar-refractivity contribution < 1.29 is 0 Å². The molecule has 0 unspecified atom stereocenters. The molecule has 2 aromatic rings. The van der Waals surface area contributed by atoms with Crippen LogP contribution in [-0.2, 0) is 21.8 Å².